The summed E-state index contributed by atoms with van der Waals surface area (Å²) in [5.74, 6) is -0.168. The Morgan fingerprint density at radius 1 is 1.27 bits per heavy atom. The number of nitrogens with zero attached hydrogens (tertiary/aromatic N) is 2. The summed E-state index contributed by atoms with van der Waals surface area (Å²) in [7, 11) is 0. The van der Waals surface area contributed by atoms with E-state index in [0.29, 0.717) is 5.39 Å². The molecule has 2 heterocycles. The molecule has 26 heavy (non-hydrogen) atoms. The molecule has 6 heteroatoms. The predicted octanol–water partition coefficient (Wildman–Crippen LogP) is 3.21. The lowest BCUT2D eigenvalue weighted by Gasteiger charge is -2.14. The zero-order chi connectivity index (χ0) is 18.7. The maximum absolute atomic E-state index is 12.6. The van der Waals surface area contributed by atoms with Crippen LogP contribution in [0.25, 0.3) is 10.2 Å². The van der Waals surface area contributed by atoms with Crippen molar-refractivity contribution in [3.05, 3.63) is 63.0 Å². The smallest absolute Gasteiger partial charge is 0.262 e. The summed E-state index contributed by atoms with van der Waals surface area (Å²) in [4.78, 5) is 31.1. The van der Waals surface area contributed by atoms with Crippen LogP contribution in [0.15, 0.2) is 41.5 Å². The van der Waals surface area contributed by atoms with E-state index in [-0.39, 0.29) is 24.1 Å². The summed E-state index contributed by atoms with van der Waals surface area (Å²) in [6.07, 6.45) is 3.22. The average Bonchev–Trinajstić information content (AvgIpc) is 2.91. The molecule has 0 aliphatic heterocycles. The average molecular weight is 369 g/mol. The van der Waals surface area contributed by atoms with Gasteiger partial charge in [-0.1, -0.05) is 30.3 Å². The Labute approximate surface area is 156 Å². The second-order valence-electron chi connectivity index (χ2n) is 6.63. The van der Waals surface area contributed by atoms with Crippen molar-refractivity contribution in [1.29, 1.82) is 0 Å². The fourth-order valence-corrected chi connectivity index (χ4v) is 3.95. The van der Waals surface area contributed by atoms with E-state index in [1.807, 2.05) is 39.0 Å². The third-order valence-corrected chi connectivity index (χ3v) is 5.70. The molecule has 1 N–H and O–H groups in total. The van der Waals surface area contributed by atoms with Crippen molar-refractivity contribution in [1.82, 2.24) is 14.9 Å². The first kappa shape index (κ1) is 18.3. The zero-order valence-electron chi connectivity index (χ0n) is 15.3. The molecule has 1 atom stereocenters. The number of rotatable bonds is 6. The summed E-state index contributed by atoms with van der Waals surface area (Å²) < 4.78 is 1.39. The summed E-state index contributed by atoms with van der Waals surface area (Å²) >= 11 is 1.51. The Bertz CT molecular complexity index is 976. The van der Waals surface area contributed by atoms with Gasteiger partial charge in [-0.25, -0.2) is 4.98 Å². The molecule has 1 amide bonds. The molecule has 0 saturated heterocycles. The van der Waals surface area contributed by atoms with Gasteiger partial charge in [-0.05, 0) is 44.7 Å². The third kappa shape index (κ3) is 4.02. The van der Waals surface area contributed by atoms with Gasteiger partial charge in [-0.3, -0.25) is 14.2 Å². The first-order chi connectivity index (χ1) is 12.5. The van der Waals surface area contributed by atoms with Crippen LogP contribution in [0.4, 0.5) is 0 Å². The first-order valence-electron chi connectivity index (χ1n) is 8.74. The number of carbonyl (C=O) groups excluding carboxylic acids is 1. The van der Waals surface area contributed by atoms with Crippen molar-refractivity contribution < 1.29 is 4.79 Å². The van der Waals surface area contributed by atoms with E-state index < -0.39 is 0 Å². The molecular formula is C20H23N3O2S. The van der Waals surface area contributed by atoms with E-state index in [2.05, 4.69) is 22.4 Å². The summed E-state index contributed by atoms with van der Waals surface area (Å²) in [5, 5.41) is 3.59. The van der Waals surface area contributed by atoms with E-state index in [1.165, 1.54) is 27.8 Å². The zero-order valence-corrected chi connectivity index (χ0v) is 16.1. The molecule has 0 bridgehead atoms. The highest BCUT2D eigenvalue weighted by Crippen LogP contribution is 2.25. The first-order valence-corrected chi connectivity index (χ1v) is 9.55. The number of amides is 1. The van der Waals surface area contributed by atoms with Crippen LogP contribution in [-0.4, -0.2) is 21.5 Å². The quantitative estimate of drug-likeness (QED) is 0.726. The molecule has 0 radical (unpaired) electrons. The lowest BCUT2D eigenvalue weighted by atomic mass is 10.1. The van der Waals surface area contributed by atoms with Crippen LogP contribution in [0.5, 0.6) is 0 Å². The highest BCUT2D eigenvalue weighted by atomic mass is 32.1. The Hall–Kier alpha value is -2.47. The normalized spacial score (nSPS) is 12.3. The van der Waals surface area contributed by atoms with Gasteiger partial charge in [0, 0.05) is 10.9 Å². The Morgan fingerprint density at radius 2 is 2.00 bits per heavy atom. The van der Waals surface area contributed by atoms with Gasteiger partial charge >= 0.3 is 0 Å². The van der Waals surface area contributed by atoms with E-state index in [9.17, 15) is 9.59 Å². The number of nitrogens with one attached hydrogen (secondary N) is 1. The summed E-state index contributed by atoms with van der Waals surface area (Å²) in [5.41, 5.74) is 2.06. The van der Waals surface area contributed by atoms with Gasteiger partial charge in [0.1, 0.15) is 11.4 Å². The van der Waals surface area contributed by atoms with Gasteiger partial charge in [-0.2, -0.15) is 0 Å². The summed E-state index contributed by atoms with van der Waals surface area (Å²) in [6, 6.07) is 10.2. The highest BCUT2D eigenvalue weighted by Gasteiger charge is 2.14. The molecule has 2 aromatic heterocycles. The van der Waals surface area contributed by atoms with E-state index in [0.717, 1.165) is 28.1 Å². The summed E-state index contributed by atoms with van der Waals surface area (Å²) in [6.45, 7) is 5.88. The Balaban J connectivity index is 1.63. The van der Waals surface area contributed by atoms with Crippen molar-refractivity contribution in [2.24, 2.45) is 0 Å². The second kappa shape index (κ2) is 7.83. The topological polar surface area (TPSA) is 64.0 Å². The van der Waals surface area contributed by atoms with Gasteiger partial charge < -0.3 is 5.32 Å². The van der Waals surface area contributed by atoms with Crippen LogP contribution in [-0.2, 0) is 17.8 Å². The number of fused-ring (bicyclic) bond motifs is 1. The van der Waals surface area contributed by atoms with Crippen molar-refractivity contribution in [2.45, 2.75) is 46.2 Å². The van der Waals surface area contributed by atoms with Crippen LogP contribution in [0.1, 0.15) is 29.3 Å². The van der Waals surface area contributed by atoms with Crippen molar-refractivity contribution in [3.63, 3.8) is 0 Å². The molecule has 0 spiro atoms. The fraction of sp³-hybridized carbons (Fsp3) is 0.350. The minimum Gasteiger partial charge on any atom is -0.352 e. The third-order valence-electron chi connectivity index (χ3n) is 4.59. The SMILES string of the molecule is Cc1sc2ncn(CC(=O)N[C@H](C)CCc3ccccc3)c(=O)c2c1C. The molecule has 3 aromatic rings. The molecule has 0 aliphatic carbocycles. The van der Waals surface area contributed by atoms with Gasteiger partial charge in [0.2, 0.25) is 5.91 Å². The second-order valence-corrected chi connectivity index (χ2v) is 7.84. The number of carbonyl (C=O) groups is 1. The molecule has 0 saturated carbocycles. The molecule has 0 unspecified atom stereocenters. The molecule has 136 valence electrons. The lowest BCUT2D eigenvalue weighted by molar-refractivity contribution is -0.122. The lowest BCUT2D eigenvalue weighted by Crippen LogP contribution is -2.37. The molecule has 5 nitrogen and oxygen atoms in total. The van der Waals surface area contributed by atoms with Crippen LogP contribution in [0.2, 0.25) is 0 Å². The van der Waals surface area contributed by atoms with Crippen LogP contribution in [0.3, 0.4) is 0 Å². The minimum atomic E-state index is -0.168. The standard InChI is InChI=1S/C20H23N3O2S/c1-13(9-10-16-7-5-4-6-8-16)22-17(24)11-23-12-21-19-18(20(23)25)14(2)15(3)26-19/h4-8,12-13H,9-11H2,1-3H3,(H,22,24)/t13-/m1/s1. The van der Waals surface area contributed by atoms with Gasteiger partial charge in [0.25, 0.3) is 5.56 Å². The van der Waals surface area contributed by atoms with Crippen molar-refractivity contribution in [3.8, 4) is 0 Å². The minimum absolute atomic E-state index is 0.00815. The largest absolute Gasteiger partial charge is 0.352 e. The molecule has 0 aliphatic rings. The number of aryl methyl sites for hydroxylation is 3. The number of hydrogen-bond donors (Lipinski definition) is 1. The van der Waals surface area contributed by atoms with Crippen LogP contribution < -0.4 is 10.9 Å². The van der Waals surface area contributed by atoms with E-state index >= 15 is 0 Å². The molecule has 1 aromatic carbocycles. The maximum atomic E-state index is 12.6. The van der Waals surface area contributed by atoms with Gasteiger partial charge in [0.05, 0.1) is 11.7 Å². The molecular weight excluding hydrogens is 346 g/mol. The van der Waals surface area contributed by atoms with E-state index in [4.69, 9.17) is 0 Å². The van der Waals surface area contributed by atoms with Crippen molar-refractivity contribution in [2.75, 3.05) is 0 Å². The van der Waals surface area contributed by atoms with Crippen LogP contribution >= 0.6 is 11.3 Å². The number of benzene rings is 1. The molecule has 3 rings (SSSR count). The number of hydrogen-bond acceptors (Lipinski definition) is 4. The Kier molecular flexibility index (Phi) is 5.52. The Morgan fingerprint density at radius 3 is 2.73 bits per heavy atom. The monoisotopic (exact) mass is 369 g/mol. The van der Waals surface area contributed by atoms with Gasteiger partial charge in [0.15, 0.2) is 0 Å². The fourth-order valence-electron chi connectivity index (χ4n) is 2.96. The van der Waals surface area contributed by atoms with Crippen LogP contribution in [0, 0.1) is 13.8 Å². The predicted molar refractivity (Wildman–Crippen MR) is 106 cm³/mol. The maximum Gasteiger partial charge on any atom is 0.262 e. The number of aromatic nitrogens is 2. The van der Waals surface area contributed by atoms with E-state index in [1.54, 1.807) is 0 Å². The van der Waals surface area contributed by atoms with Crippen molar-refractivity contribution >= 4 is 27.5 Å². The highest BCUT2D eigenvalue weighted by molar-refractivity contribution is 7.18. The molecule has 0 fully saturated rings. The van der Waals surface area contributed by atoms with Gasteiger partial charge in [-0.15, -0.1) is 11.3 Å². The number of thiophene rings is 1.